The Balaban J connectivity index is 2.18. The molecule has 0 aliphatic rings. The first kappa shape index (κ1) is 19.7. The maximum Gasteiger partial charge on any atom is 0.307 e. The summed E-state index contributed by atoms with van der Waals surface area (Å²) < 4.78 is 12.6. The second-order valence-electron chi connectivity index (χ2n) is 6.98. The summed E-state index contributed by atoms with van der Waals surface area (Å²) in [4.78, 5) is 22.0. The number of carboxylic acid groups (broad SMARTS) is 1. The zero-order valence-corrected chi connectivity index (χ0v) is 15.8. The lowest BCUT2D eigenvalue weighted by molar-refractivity contribution is -0.141. The van der Waals surface area contributed by atoms with Gasteiger partial charge in [-0.15, -0.1) is 0 Å². The molecule has 2 rings (SSSR count). The lowest BCUT2D eigenvalue weighted by atomic mass is 9.96. The second-order valence-corrected chi connectivity index (χ2v) is 9.41. The molecule has 2 aromatic carbocycles. The van der Waals surface area contributed by atoms with Crippen molar-refractivity contribution in [3.63, 3.8) is 0 Å². The van der Waals surface area contributed by atoms with Gasteiger partial charge in [0.2, 0.25) is 7.37 Å². The molecular formula is C20H27O4P. The van der Waals surface area contributed by atoms with Crippen LogP contribution < -0.4 is 0 Å². The van der Waals surface area contributed by atoms with Gasteiger partial charge in [-0.25, -0.2) is 0 Å². The number of rotatable bonds is 9. The summed E-state index contributed by atoms with van der Waals surface area (Å²) >= 11 is 0. The van der Waals surface area contributed by atoms with Gasteiger partial charge in [0.15, 0.2) is 0 Å². The van der Waals surface area contributed by atoms with Gasteiger partial charge in [0, 0.05) is 12.3 Å². The predicted octanol–water partition coefficient (Wildman–Crippen LogP) is 4.79. The minimum Gasteiger partial charge on any atom is -0.481 e. The van der Waals surface area contributed by atoms with Crippen LogP contribution in [-0.2, 0) is 15.8 Å². The molecule has 3 atom stereocenters. The summed E-state index contributed by atoms with van der Waals surface area (Å²) in [7, 11) is -3.47. The lowest BCUT2D eigenvalue weighted by Gasteiger charge is -2.20. The van der Waals surface area contributed by atoms with Crippen LogP contribution in [-0.4, -0.2) is 28.3 Å². The summed E-state index contributed by atoms with van der Waals surface area (Å²) in [6.45, 7) is 3.99. The number of hydrogen-bond acceptors (Lipinski definition) is 2. The normalized spacial score (nSPS) is 16.3. The fourth-order valence-corrected chi connectivity index (χ4v) is 5.74. The molecule has 136 valence electrons. The Hall–Kier alpha value is -1.64. The van der Waals surface area contributed by atoms with E-state index in [1.54, 1.807) is 0 Å². The molecule has 0 aromatic heterocycles. The average molecular weight is 362 g/mol. The summed E-state index contributed by atoms with van der Waals surface area (Å²) in [6.07, 6.45) is 2.13. The van der Waals surface area contributed by atoms with E-state index < -0.39 is 19.3 Å². The first-order valence-corrected chi connectivity index (χ1v) is 10.9. The van der Waals surface area contributed by atoms with E-state index in [-0.39, 0.29) is 24.7 Å². The van der Waals surface area contributed by atoms with Gasteiger partial charge in [-0.05, 0) is 28.7 Å². The average Bonchev–Trinajstić information content (AvgIpc) is 2.54. The molecule has 0 aliphatic heterocycles. The SMILES string of the molecule is CCCC(C)CP(=O)(O)CC(Cc1cccc2ccccc12)C(=O)O. The van der Waals surface area contributed by atoms with Crippen molar-refractivity contribution in [2.45, 2.75) is 33.1 Å². The molecule has 0 saturated heterocycles. The molecule has 0 aliphatic carbocycles. The molecule has 2 N–H and O–H groups in total. The van der Waals surface area contributed by atoms with E-state index >= 15 is 0 Å². The van der Waals surface area contributed by atoms with Crippen molar-refractivity contribution in [2.24, 2.45) is 11.8 Å². The van der Waals surface area contributed by atoms with Gasteiger partial charge in [0.05, 0.1) is 5.92 Å². The van der Waals surface area contributed by atoms with Crippen LogP contribution in [0.4, 0.5) is 0 Å². The standard InChI is InChI=1S/C20H27O4P/c1-3-7-15(2)13-25(23,24)14-18(20(21)22)12-17-10-6-9-16-8-4-5-11-19(16)17/h4-6,8-11,15,18H,3,7,12-14H2,1-2H3,(H,21,22)(H,23,24). The van der Waals surface area contributed by atoms with Gasteiger partial charge >= 0.3 is 5.97 Å². The van der Waals surface area contributed by atoms with Crippen LogP contribution in [0.15, 0.2) is 42.5 Å². The van der Waals surface area contributed by atoms with Crippen LogP contribution in [0.5, 0.6) is 0 Å². The number of carbonyl (C=O) groups is 1. The first-order chi connectivity index (χ1) is 11.8. The van der Waals surface area contributed by atoms with Gasteiger partial charge in [-0.3, -0.25) is 9.36 Å². The van der Waals surface area contributed by atoms with Crippen molar-refractivity contribution in [1.29, 1.82) is 0 Å². The molecule has 4 nitrogen and oxygen atoms in total. The van der Waals surface area contributed by atoms with Crippen molar-refractivity contribution >= 4 is 24.1 Å². The van der Waals surface area contributed by atoms with Gasteiger partial charge in [-0.1, -0.05) is 69.2 Å². The van der Waals surface area contributed by atoms with Crippen LogP contribution in [0.1, 0.15) is 32.3 Å². The predicted molar refractivity (Wildman–Crippen MR) is 102 cm³/mol. The van der Waals surface area contributed by atoms with Gasteiger partial charge in [-0.2, -0.15) is 0 Å². The number of carboxylic acids is 1. The molecule has 0 heterocycles. The van der Waals surface area contributed by atoms with Crippen LogP contribution in [0, 0.1) is 11.8 Å². The Morgan fingerprint density at radius 3 is 2.48 bits per heavy atom. The molecule has 5 heteroatoms. The maximum absolute atomic E-state index is 12.6. The van der Waals surface area contributed by atoms with E-state index in [0.29, 0.717) is 0 Å². The largest absolute Gasteiger partial charge is 0.481 e. The highest BCUT2D eigenvalue weighted by Crippen LogP contribution is 2.45. The van der Waals surface area contributed by atoms with E-state index in [9.17, 15) is 19.4 Å². The van der Waals surface area contributed by atoms with Crippen molar-refractivity contribution in [3.05, 3.63) is 48.0 Å². The monoisotopic (exact) mass is 362 g/mol. The van der Waals surface area contributed by atoms with E-state index in [2.05, 4.69) is 0 Å². The fourth-order valence-electron chi connectivity index (χ4n) is 3.46. The van der Waals surface area contributed by atoms with E-state index in [1.807, 2.05) is 56.3 Å². The minimum absolute atomic E-state index is 0.132. The molecule has 25 heavy (non-hydrogen) atoms. The van der Waals surface area contributed by atoms with Crippen molar-refractivity contribution in [2.75, 3.05) is 12.3 Å². The zero-order chi connectivity index (χ0) is 18.4. The third-order valence-corrected chi connectivity index (χ3v) is 6.78. The Bertz CT molecular complexity index is 766. The maximum atomic E-state index is 12.6. The van der Waals surface area contributed by atoms with Gasteiger partial charge in [0.25, 0.3) is 0 Å². The summed E-state index contributed by atoms with van der Waals surface area (Å²) in [5, 5.41) is 11.6. The highest BCUT2D eigenvalue weighted by Gasteiger charge is 2.30. The van der Waals surface area contributed by atoms with Crippen LogP contribution in [0.25, 0.3) is 10.8 Å². The summed E-state index contributed by atoms with van der Waals surface area (Å²) in [5.74, 6) is -1.73. The highest BCUT2D eigenvalue weighted by molar-refractivity contribution is 7.58. The fraction of sp³-hybridized carbons (Fsp3) is 0.450. The molecular weight excluding hydrogens is 335 g/mol. The number of fused-ring (bicyclic) bond motifs is 1. The lowest BCUT2D eigenvalue weighted by Crippen LogP contribution is -2.22. The second kappa shape index (κ2) is 8.64. The summed E-state index contributed by atoms with van der Waals surface area (Å²) in [6, 6.07) is 13.6. The van der Waals surface area contributed by atoms with Gasteiger partial charge in [0.1, 0.15) is 0 Å². The zero-order valence-electron chi connectivity index (χ0n) is 14.9. The van der Waals surface area contributed by atoms with E-state index in [4.69, 9.17) is 0 Å². The Morgan fingerprint density at radius 1 is 1.12 bits per heavy atom. The van der Waals surface area contributed by atoms with Crippen molar-refractivity contribution in [1.82, 2.24) is 0 Å². The molecule has 0 amide bonds. The van der Waals surface area contributed by atoms with E-state index in [1.165, 1.54) is 0 Å². The quantitative estimate of drug-likeness (QED) is 0.629. The van der Waals surface area contributed by atoms with Crippen molar-refractivity contribution in [3.8, 4) is 0 Å². The van der Waals surface area contributed by atoms with Crippen LogP contribution in [0.2, 0.25) is 0 Å². The molecule has 0 bridgehead atoms. The Labute approximate surface area is 149 Å². The van der Waals surface area contributed by atoms with E-state index in [0.717, 1.165) is 29.2 Å². The van der Waals surface area contributed by atoms with Gasteiger partial charge < -0.3 is 10.00 Å². The highest BCUT2D eigenvalue weighted by atomic mass is 31.2. The first-order valence-electron chi connectivity index (χ1n) is 8.82. The van der Waals surface area contributed by atoms with Crippen LogP contribution >= 0.6 is 7.37 Å². The molecule has 0 radical (unpaired) electrons. The Kier molecular flexibility index (Phi) is 6.80. The Morgan fingerprint density at radius 2 is 1.80 bits per heavy atom. The number of hydrogen-bond donors (Lipinski definition) is 2. The van der Waals surface area contributed by atoms with Crippen molar-refractivity contribution < 1.29 is 19.4 Å². The minimum atomic E-state index is -3.47. The molecule has 2 aromatic rings. The smallest absolute Gasteiger partial charge is 0.307 e. The molecule has 0 spiro atoms. The van der Waals surface area contributed by atoms with Crippen LogP contribution in [0.3, 0.4) is 0 Å². The number of aliphatic carboxylic acids is 1. The third-order valence-electron chi connectivity index (χ3n) is 4.58. The topological polar surface area (TPSA) is 74.6 Å². The molecule has 0 saturated carbocycles. The third kappa shape index (κ3) is 5.69. The molecule has 3 unspecified atom stereocenters. The molecule has 0 fully saturated rings. The summed E-state index contributed by atoms with van der Waals surface area (Å²) in [5.41, 5.74) is 0.909. The number of benzene rings is 2.